The van der Waals surface area contributed by atoms with E-state index in [1.54, 1.807) is 4.90 Å². The number of amides is 2. The largest absolute Gasteiger partial charge is 0.484 e. The van der Waals surface area contributed by atoms with E-state index in [4.69, 9.17) is 15.2 Å². The van der Waals surface area contributed by atoms with Crippen molar-refractivity contribution in [3.8, 4) is 5.75 Å². The van der Waals surface area contributed by atoms with Crippen LogP contribution in [-0.2, 0) is 14.3 Å². The number of benzene rings is 1. The van der Waals surface area contributed by atoms with Crippen molar-refractivity contribution in [1.29, 1.82) is 0 Å². The van der Waals surface area contributed by atoms with E-state index in [2.05, 4.69) is 13.8 Å². The molecule has 0 saturated carbocycles. The molecule has 25 heavy (non-hydrogen) atoms. The van der Waals surface area contributed by atoms with Crippen LogP contribution in [0.3, 0.4) is 0 Å². The molecule has 0 bridgehead atoms. The van der Waals surface area contributed by atoms with Gasteiger partial charge in [-0.2, -0.15) is 0 Å². The fourth-order valence-electron chi connectivity index (χ4n) is 3.01. The minimum Gasteiger partial charge on any atom is -0.484 e. The molecule has 2 rings (SSSR count). The van der Waals surface area contributed by atoms with E-state index < -0.39 is 11.9 Å². The third-order valence-corrected chi connectivity index (χ3v) is 4.02. The van der Waals surface area contributed by atoms with Crippen molar-refractivity contribution in [1.82, 2.24) is 4.90 Å². The lowest BCUT2D eigenvalue weighted by Crippen LogP contribution is -2.44. The number of nitrogens with zero attached hydrogens (tertiary/aromatic N) is 1. The number of likely N-dealkylation sites (tertiary alicyclic amines) is 1. The first-order valence-corrected chi connectivity index (χ1v) is 8.31. The Kier molecular flexibility index (Phi) is 6.38. The van der Waals surface area contributed by atoms with E-state index in [9.17, 15) is 14.4 Å². The van der Waals surface area contributed by atoms with Gasteiger partial charge >= 0.3 is 5.97 Å². The van der Waals surface area contributed by atoms with E-state index in [-0.39, 0.29) is 19.1 Å². The number of nitrogens with two attached hydrogens (primary N) is 1. The zero-order valence-electron chi connectivity index (χ0n) is 14.6. The van der Waals surface area contributed by atoms with E-state index in [1.165, 1.54) is 24.3 Å². The number of ether oxygens (including phenoxy) is 2. The maximum atomic E-state index is 12.2. The zero-order chi connectivity index (χ0) is 18.4. The Morgan fingerprint density at radius 1 is 1.08 bits per heavy atom. The number of hydrogen-bond acceptors (Lipinski definition) is 5. The lowest BCUT2D eigenvalue weighted by atomic mass is 9.92. The molecule has 136 valence electrons. The van der Waals surface area contributed by atoms with E-state index in [1.807, 2.05) is 0 Å². The van der Waals surface area contributed by atoms with Crippen LogP contribution in [0.15, 0.2) is 24.3 Å². The highest BCUT2D eigenvalue weighted by atomic mass is 16.5. The molecule has 1 fully saturated rings. The van der Waals surface area contributed by atoms with Crippen LogP contribution >= 0.6 is 0 Å². The van der Waals surface area contributed by atoms with Gasteiger partial charge in [-0.1, -0.05) is 13.8 Å². The van der Waals surface area contributed by atoms with E-state index >= 15 is 0 Å². The van der Waals surface area contributed by atoms with Crippen LogP contribution in [0.4, 0.5) is 0 Å². The minimum absolute atomic E-state index is 0.173. The Hall–Kier alpha value is -2.57. The highest BCUT2D eigenvalue weighted by molar-refractivity contribution is 5.91. The number of esters is 1. The first kappa shape index (κ1) is 18.8. The molecule has 7 heteroatoms. The van der Waals surface area contributed by atoms with Gasteiger partial charge in [0.15, 0.2) is 13.2 Å². The Labute approximate surface area is 147 Å². The Bertz CT molecular complexity index is 619. The van der Waals surface area contributed by atoms with Crippen molar-refractivity contribution in [2.24, 2.45) is 17.6 Å². The molecule has 0 aromatic heterocycles. The number of piperidine rings is 1. The normalized spacial score (nSPS) is 20.0. The Morgan fingerprint density at radius 3 is 2.24 bits per heavy atom. The maximum Gasteiger partial charge on any atom is 0.338 e. The van der Waals surface area contributed by atoms with Crippen molar-refractivity contribution < 1.29 is 23.9 Å². The summed E-state index contributed by atoms with van der Waals surface area (Å²) >= 11 is 0. The van der Waals surface area contributed by atoms with Gasteiger partial charge in [0.05, 0.1) is 5.56 Å². The van der Waals surface area contributed by atoms with Crippen LogP contribution in [0, 0.1) is 11.8 Å². The summed E-state index contributed by atoms with van der Waals surface area (Å²) in [5.74, 6) is -0.000155. The molecule has 0 spiro atoms. The van der Waals surface area contributed by atoms with Crippen LogP contribution in [-0.4, -0.2) is 49.0 Å². The highest BCUT2D eigenvalue weighted by Crippen LogP contribution is 2.21. The second-order valence-electron chi connectivity index (χ2n) is 6.60. The van der Waals surface area contributed by atoms with Crippen molar-refractivity contribution in [2.75, 3.05) is 26.3 Å². The fraction of sp³-hybridized carbons (Fsp3) is 0.500. The third kappa shape index (κ3) is 5.77. The summed E-state index contributed by atoms with van der Waals surface area (Å²) in [4.78, 5) is 36.7. The molecule has 1 heterocycles. The van der Waals surface area contributed by atoms with Crippen molar-refractivity contribution in [2.45, 2.75) is 20.3 Å². The fourth-order valence-corrected chi connectivity index (χ4v) is 3.01. The Balaban J connectivity index is 1.83. The first-order valence-electron chi connectivity index (χ1n) is 8.31. The molecule has 0 unspecified atom stereocenters. The SMILES string of the molecule is C[C@@H]1C[C@@H](C)CN(C(=O)COC(=O)c2ccc(OCC(N)=O)cc2)C1. The molecule has 1 saturated heterocycles. The monoisotopic (exact) mass is 348 g/mol. The van der Waals surface area contributed by atoms with Crippen LogP contribution in [0.5, 0.6) is 5.75 Å². The molecule has 0 aliphatic carbocycles. The van der Waals surface area contributed by atoms with Gasteiger partial charge in [-0.25, -0.2) is 4.79 Å². The van der Waals surface area contributed by atoms with Crippen molar-refractivity contribution >= 4 is 17.8 Å². The van der Waals surface area contributed by atoms with Crippen LogP contribution in [0.2, 0.25) is 0 Å². The predicted octanol–water partition coefficient (Wildman–Crippen LogP) is 1.21. The van der Waals surface area contributed by atoms with E-state index in [0.29, 0.717) is 36.2 Å². The lowest BCUT2D eigenvalue weighted by molar-refractivity contribution is -0.137. The van der Waals surface area contributed by atoms with Gasteiger partial charge in [-0.05, 0) is 42.5 Å². The van der Waals surface area contributed by atoms with Crippen LogP contribution in [0.25, 0.3) is 0 Å². The third-order valence-electron chi connectivity index (χ3n) is 4.02. The lowest BCUT2D eigenvalue weighted by Gasteiger charge is -2.34. The summed E-state index contributed by atoms with van der Waals surface area (Å²) in [5, 5.41) is 0. The first-order chi connectivity index (χ1) is 11.8. The topological polar surface area (TPSA) is 98.9 Å². The number of carbonyl (C=O) groups excluding carboxylic acids is 3. The summed E-state index contributed by atoms with van der Waals surface area (Å²) < 4.78 is 10.2. The van der Waals surface area contributed by atoms with E-state index in [0.717, 1.165) is 6.42 Å². The molecule has 2 atom stereocenters. The smallest absolute Gasteiger partial charge is 0.338 e. The molecule has 7 nitrogen and oxygen atoms in total. The second kappa shape index (κ2) is 8.50. The van der Waals surface area contributed by atoms with Gasteiger partial charge in [-0.15, -0.1) is 0 Å². The second-order valence-corrected chi connectivity index (χ2v) is 6.60. The summed E-state index contributed by atoms with van der Waals surface area (Å²) in [6.07, 6.45) is 1.10. The quantitative estimate of drug-likeness (QED) is 0.779. The zero-order valence-corrected chi connectivity index (χ0v) is 14.6. The van der Waals surface area contributed by atoms with Gasteiger partial charge in [0.2, 0.25) is 0 Å². The molecule has 1 aromatic carbocycles. The van der Waals surface area contributed by atoms with Gasteiger partial charge < -0.3 is 20.1 Å². The van der Waals surface area contributed by atoms with Crippen LogP contribution in [0.1, 0.15) is 30.6 Å². The minimum atomic E-state index is -0.580. The highest BCUT2D eigenvalue weighted by Gasteiger charge is 2.26. The Morgan fingerprint density at radius 2 is 1.68 bits per heavy atom. The van der Waals surface area contributed by atoms with Crippen molar-refractivity contribution in [3.05, 3.63) is 29.8 Å². The average molecular weight is 348 g/mol. The molecule has 2 N–H and O–H groups in total. The molecule has 2 amide bonds. The van der Waals surface area contributed by atoms with Crippen molar-refractivity contribution in [3.63, 3.8) is 0 Å². The number of rotatable bonds is 6. The van der Waals surface area contributed by atoms with Gasteiger partial charge in [0.1, 0.15) is 5.75 Å². The number of carbonyl (C=O) groups is 3. The van der Waals surface area contributed by atoms with Gasteiger partial charge in [-0.3, -0.25) is 9.59 Å². The summed E-state index contributed by atoms with van der Waals surface area (Å²) in [6.45, 7) is 5.13. The molecule has 1 aromatic rings. The molecular formula is C18H24N2O5. The number of hydrogen-bond donors (Lipinski definition) is 1. The summed E-state index contributed by atoms with van der Waals surface area (Å²) in [5.41, 5.74) is 5.30. The molecule has 0 radical (unpaired) electrons. The standard InChI is InChI=1S/C18H24N2O5/c1-12-7-13(2)9-20(8-12)17(22)11-25-18(23)14-3-5-15(6-4-14)24-10-16(19)21/h3-6,12-13H,7-11H2,1-2H3,(H2,19,21)/t12-,13-/m1/s1. The maximum absolute atomic E-state index is 12.2. The summed E-state index contributed by atoms with van der Waals surface area (Å²) in [7, 11) is 0. The summed E-state index contributed by atoms with van der Waals surface area (Å²) in [6, 6.07) is 6.09. The molecular weight excluding hydrogens is 324 g/mol. The predicted molar refractivity (Wildman–Crippen MR) is 90.9 cm³/mol. The molecule has 1 aliphatic rings. The average Bonchev–Trinajstić information content (AvgIpc) is 2.57. The van der Waals surface area contributed by atoms with Gasteiger partial charge in [0, 0.05) is 13.1 Å². The number of primary amides is 1. The van der Waals surface area contributed by atoms with Gasteiger partial charge in [0.25, 0.3) is 11.8 Å². The van der Waals surface area contributed by atoms with Crippen LogP contribution < -0.4 is 10.5 Å². The molecule has 1 aliphatic heterocycles.